The minimum atomic E-state index is -0.358. The third-order valence-corrected chi connectivity index (χ3v) is 6.77. The Balaban J connectivity index is 1.44. The standard InChI is InChI=1S/C24H20ClN3O4S/c1-27(24(30)22-7-4-10-33-22)13-23(29)28-19(15-8-9-20-21(11-15)32-14-31-20)12-18(26-28)16-5-2-3-6-17(16)25/h2-11,19H,12-14H2,1H3. The van der Waals surface area contributed by atoms with Crippen LogP contribution in [0.25, 0.3) is 0 Å². The van der Waals surface area contributed by atoms with E-state index in [2.05, 4.69) is 5.10 Å². The van der Waals surface area contributed by atoms with Crippen LogP contribution in [0.4, 0.5) is 0 Å². The number of amides is 2. The predicted molar refractivity (Wildman–Crippen MR) is 126 cm³/mol. The van der Waals surface area contributed by atoms with E-state index in [9.17, 15) is 9.59 Å². The number of thiophene rings is 1. The van der Waals surface area contributed by atoms with Gasteiger partial charge in [-0.25, -0.2) is 5.01 Å². The molecule has 2 aromatic carbocycles. The molecule has 0 spiro atoms. The average molecular weight is 482 g/mol. The van der Waals surface area contributed by atoms with E-state index >= 15 is 0 Å². The zero-order valence-corrected chi connectivity index (χ0v) is 19.3. The summed E-state index contributed by atoms with van der Waals surface area (Å²) in [6.45, 7) is 0.0696. The van der Waals surface area contributed by atoms with E-state index in [1.165, 1.54) is 21.2 Å². The summed E-state index contributed by atoms with van der Waals surface area (Å²) in [7, 11) is 1.62. The van der Waals surface area contributed by atoms with Gasteiger partial charge in [0.15, 0.2) is 11.5 Å². The molecule has 2 amide bonds. The quantitative estimate of drug-likeness (QED) is 0.534. The van der Waals surface area contributed by atoms with E-state index in [0.717, 1.165) is 11.1 Å². The zero-order valence-electron chi connectivity index (χ0n) is 17.7. The molecule has 0 N–H and O–H groups in total. The van der Waals surface area contributed by atoms with Gasteiger partial charge in [-0.05, 0) is 35.2 Å². The van der Waals surface area contributed by atoms with Crippen molar-refractivity contribution in [3.05, 3.63) is 81.0 Å². The zero-order chi connectivity index (χ0) is 22.9. The Morgan fingerprint density at radius 2 is 1.97 bits per heavy atom. The first-order valence-electron chi connectivity index (χ1n) is 10.3. The summed E-state index contributed by atoms with van der Waals surface area (Å²) >= 11 is 7.76. The Labute approximate surface area is 199 Å². The average Bonchev–Trinajstić information content (AvgIpc) is 3.58. The van der Waals surface area contributed by atoms with Crippen molar-refractivity contribution in [2.45, 2.75) is 12.5 Å². The van der Waals surface area contributed by atoms with Gasteiger partial charge in [-0.15, -0.1) is 11.3 Å². The Hall–Kier alpha value is -3.36. The molecule has 0 radical (unpaired) electrons. The summed E-state index contributed by atoms with van der Waals surface area (Å²) in [5.41, 5.74) is 2.36. The summed E-state index contributed by atoms with van der Waals surface area (Å²) in [4.78, 5) is 28.0. The van der Waals surface area contributed by atoms with Crippen molar-refractivity contribution >= 4 is 40.5 Å². The van der Waals surface area contributed by atoms with Gasteiger partial charge in [0.2, 0.25) is 6.79 Å². The van der Waals surface area contributed by atoms with Gasteiger partial charge in [0.1, 0.15) is 6.54 Å². The lowest BCUT2D eigenvalue weighted by atomic mass is 9.98. The van der Waals surface area contributed by atoms with Crippen molar-refractivity contribution in [2.24, 2.45) is 5.10 Å². The maximum absolute atomic E-state index is 13.3. The van der Waals surface area contributed by atoms with E-state index in [1.807, 2.05) is 47.8 Å². The number of fused-ring (bicyclic) bond motifs is 1. The van der Waals surface area contributed by atoms with Crippen molar-refractivity contribution in [1.29, 1.82) is 0 Å². The van der Waals surface area contributed by atoms with Gasteiger partial charge in [0.05, 0.1) is 16.6 Å². The van der Waals surface area contributed by atoms with Crippen molar-refractivity contribution in [1.82, 2.24) is 9.91 Å². The van der Waals surface area contributed by atoms with Gasteiger partial charge in [-0.1, -0.05) is 41.9 Å². The molecule has 0 saturated carbocycles. The molecule has 7 nitrogen and oxygen atoms in total. The largest absolute Gasteiger partial charge is 0.454 e. The number of likely N-dealkylation sites (N-methyl/N-ethyl adjacent to an activating group) is 1. The number of nitrogens with zero attached hydrogens (tertiary/aromatic N) is 3. The molecular weight excluding hydrogens is 462 g/mol. The molecule has 0 bridgehead atoms. The third kappa shape index (κ3) is 4.19. The molecular formula is C24H20ClN3O4S. The van der Waals surface area contributed by atoms with Crippen LogP contribution in [-0.4, -0.2) is 47.8 Å². The van der Waals surface area contributed by atoms with Gasteiger partial charge < -0.3 is 14.4 Å². The first-order chi connectivity index (χ1) is 16.0. The maximum atomic E-state index is 13.3. The highest BCUT2D eigenvalue weighted by atomic mass is 35.5. The van der Waals surface area contributed by atoms with E-state index in [1.54, 1.807) is 19.2 Å². The summed E-state index contributed by atoms with van der Waals surface area (Å²) in [6.07, 6.45) is 0.484. The molecule has 0 saturated heterocycles. The Morgan fingerprint density at radius 3 is 2.76 bits per heavy atom. The normalized spacial score (nSPS) is 16.6. The molecule has 33 heavy (non-hydrogen) atoms. The van der Waals surface area contributed by atoms with E-state index in [-0.39, 0.29) is 31.2 Å². The molecule has 5 rings (SSSR count). The molecule has 2 aliphatic rings. The van der Waals surface area contributed by atoms with Gasteiger partial charge in [-0.2, -0.15) is 5.10 Å². The van der Waals surface area contributed by atoms with Crippen LogP contribution in [0.1, 0.15) is 33.3 Å². The molecule has 3 heterocycles. The summed E-state index contributed by atoms with van der Waals surface area (Å²) < 4.78 is 10.9. The monoisotopic (exact) mass is 481 g/mol. The smallest absolute Gasteiger partial charge is 0.264 e. The number of benzene rings is 2. The minimum absolute atomic E-state index is 0.100. The van der Waals surface area contributed by atoms with Crippen molar-refractivity contribution in [3.63, 3.8) is 0 Å². The van der Waals surface area contributed by atoms with Crippen LogP contribution in [0, 0.1) is 0 Å². The first kappa shape index (κ1) is 21.5. The van der Waals surface area contributed by atoms with Crippen LogP contribution in [0.3, 0.4) is 0 Å². The molecule has 0 fully saturated rings. The van der Waals surface area contributed by atoms with E-state index in [0.29, 0.717) is 33.5 Å². The number of hydrazone groups is 1. The Kier molecular flexibility index (Phi) is 5.78. The van der Waals surface area contributed by atoms with Crippen LogP contribution in [0.2, 0.25) is 5.02 Å². The number of ether oxygens (including phenoxy) is 2. The molecule has 0 aliphatic carbocycles. The van der Waals surface area contributed by atoms with Crippen LogP contribution in [0.15, 0.2) is 65.1 Å². The molecule has 9 heteroatoms. The Morgan fingerprint density at radius 1 is 1.15 bits per heavy atom. The second kappa shape index (κ2) is 8.88. The van der Waals surface area contributed by atoms with E-state index in [4.69, 9.17) is 21.1 Å². The Bertz CT molecular complexity index is 1240. The highest BCUT2D eigenvalue weighted by Crippen LogP contribution is 2.39. The number of rotatable bonds is 5. The number of hydrogen-bond donors (Lipinski definition) is 0. The van der Waals surface area contributed by atoms with Crippen LogP contribution in [0.5, 0.6) is 11.5 Å². The molecule has 3 aromatic rings. The molecule has 2 aliphatic heterocycles. The van der Waals surface area contributed by atoms with Gasteiger partial charge in [-0.3, -0.25) is 9.59 Å². The second-order valence-corrected chi connectivity index (χ2v) is 9.09. The summed E-state index contributed by atoms with van der Waals surface area (Å²) in [6, 6.07) is 16.2. The van der Waals surface area contributed by atoms with Crippen molar-refractivity contribution in [3.8, 4) is 11.5 Å². The fraction of sp³-hybridized carbons (Fsp3) is 0.208. The SMILES string of the molecule is CN(CC(=O)N1N=C(c2ccccc2Cl)CC1c1ccc2c(c1)OCO2)C(=O)c1cccs1. The maximum Gasteiger partial charge on any atom is 0.264 e. The van der Waals surface area contributed by atoms with E-state index < -0.39 is 0 Å². The highest BCUT2D eigenvalue weighted by Gasteiger charge is 2.35. The second-order valence-electron chi connectivity index (χ2n) is 7.74. The number of hydrogen-bond acceptors (Lipinski definition) is 6. The fourth-order valence-corrected chi connectivity index (χ4v) is 4.88. The topological polar surface area (TPSA) is 71.4 Å². The van der Waals surface area contributed by atoms with Crippen LogP contribution >= 0.6 is 22.9 Å². The van der Waals surface area contributed by atoms with Crippen LogP contribution < -0.4 is 9.47 Å². The third-order valence-electron chi connectivity index (χ3n) is 5.58. The van der Waals surface area contributed by atoms with Crippen molar-refractivity contribution < 1.29 is 19.1 Å². The molecule has 1 atom stereocenters. The van der Waals surface area contributed by atoms with Gasteiger partial charge in [0.25, 0.3) is 11.8 Å². The highest BCUT2D eigenvalue weighted by molar-refractivity contribution is 7.12. The summed E-state index contributed by atoms with van der Waals surface area (Å²) in [5.74, 6) is 0.818. The van der Waals surface area contributed by atoms with Gasteiger partial charge in [0, 0.05) is 24.1 Å². The lowest BCUT2D eigenvalue weighted by Crippen LogP contribution is -2.39. The predicted octanol–water partition coefficient (Wildman–Crippen LogP) is 4.58. The lowest BCUT2D eigenvalue weighted by molar-refractivity contribution is -0.133. The van der Waals surface area contributed by atoms with Crippen molar-refractivity contribution in [2.75, 3.05) is 20.4 Å². The molecule has 168 valence electrons. The minimum Gasteiger partial charge on any atom is -0.454 e. The van der Waals surface area contributed by atoms with Crippen LogP contribution in [-0.2, 0) is 4.79 Å². The summed E-state index contributed by atoms with van der Waals surface area (Å²) in [5, 5.41) is 8.51. The first-order valence-corrected chi connectivity index (χ1v) is 11.6. The number of halogens is 1. The number of carbonyl (C=O) groups excluding carboxylic acids is 2. The molecule has 1 unspecified atom stereocenters. The molecule has 1 aromatic heterocycles. The van der Waals surface area contributed by atoms with Gasteiger partial charge >= 0.3 is 0 Å². The number of carbonyl (C=O) groups is 2. The fourth-order valence-electron chi connectivity index (χ4n) is 3.91. The lowest BCUT2D eigenvalue weighted by Gasteiger charge is -2.25.